The molecule has 4 aliphatic carbocycles. The summed E-state index contributed by atoms with van der Waals surface area (Å²) in [4.78, 5) is 24.3. The van der Waals surface area contributed by atoms with Crippen molar-refractivity contribution >= 4 is 0 Å². The van der Waals surface area contributed by atoms with Crippen LogP contribution in [-0.2, 0) is 10.8 Å². The molecule has 308 valence electrons. The summed E-state index contributed by atoms with van der Waals surface area (Å²) in [5, 5.41) is 0. The van der Waals surface area contributed by atoms with Crippen LogP contribution in [0.1, 0.15) is 49.7 Å². The van der Waals surface area contributed by atoms with E-state index >= 15 is 0 Å². The molecule has 4 fully saturated rings. The SMILES string of the molecule is c1ccc(-c2nc(-c3ccccc3)nc(-c3cc(-c4cccc(-c5ccc(C67CC8CC(CC(c9ccc(-c%10ccncc%10)cc9)(C8)C6)C7)cc5)c4)ccc3-c3ccccn3)n2)cc1. The third-order valence-electron chi connectivity index (χ3n) is 14.5. The highest BCUT2D eigenvalue weighted by molar-refractivity contribution is 5.85. The Morgan fingerprint density at radius 3 is 1.42 bits per heavy atom. The quantitative estimate of drug-likeness (QED) is 0.145. The van der Waals surface area contributed by atoms with Gasteiger partial charge in [-0.3, -0.25) is 9.97 Å². The second kappa shape index (κ2) is 15.8. The fourth-order valence-corrected chi connectivity index (χ4v) is 12.0. The molecule has 64 heavy (non-hydrogen) atoms. The van der Waals surface area contributed by atoms with Gasteiger partial charge in [-0.2, -0.15) is 0 Å². The second-order valence-corrected chi connectivity index (χ2v) is 18.5. The molecular weight excluding hydrogens is 779 g/mol. The molecule has 9 aromatic rings. The van der Waals surface area contributed by atoms with Gasteiger partial charge in [-0.15, -0.1) is 0 Å². The van der Waals surface area contributed by atoms with Crippen LogP contribution in [0.3, 0.4) is 0 Å². The van der Waals surface area contributed by atoms with Gasteiger partial charge in [0.1, 0.15) is 0 Å². The minimum Gasteiger partial charge on any atom is -0.265 e. The van der Waals surface area contributed by atoms with Gasteiger partial charge in [0.05, 0.1) is 5.69 Å². The molecule has 0 radical (unpaired) electrons. The van der Waals surface area contributed by atoms with Crippen molar-refractivity contribution < 1.29 is 0 Å². The Labute approximate surface area is 375 Å². The third-order valence-corrected chi connectivity index (χ3v) is 14.5. The molecule has 3 heterocycles. The molecule has 0 aliphatic heterocycles. The Morgan fingerprint density at radius 1 is 0.359 bits per heavy atom. The second-order valence-electron chi connectivity index (χ2n) is 18.5. The number of hydrogen-bond donors (Lipinski definition) is 0. The number of aromatic nitrogens is 5. The first-order valence-corrected chi connectivity index (χ1v) is 22.7. The molecule has 2 atom stereocenters. The maximum Gasteiger partial charge on any atom is 0.164 e. The summed E-state index contributed by atoms with van der Waals surface area (Å²) in [5.74, 6) is 3.45. The van der Waals surface area contributed by atoms with E-state index in [0.29, 0.717) is 17.5 Å². The van der Waals surface area contributed by atoms with E-state index in [2.05, 4.69) is 108 Å². The van der Waals surface area contributed by atoms with Crippen molar-refractivity contribution in [2.75, 3.05) is 0 Å². The van der Waals surface area contributed by atoms with Crippen molar-refractivity contribution in [1.82, 2.24) is 24.9 Å². The molecule has 5 heteroatoms. The Balaban J connectivity index is 0.879. The van der Waals surface area contributed by atoms with Crippen LogP contribution in [0.15, 0.2) is 201 Å². The Bertz CT molecular complexity index is 3030. The number of hydrogen-bond acceptors (Lipinski definition) is 5. The van der Waals surface area contributed by atoms with E-state index in [1.807, 2.05) is 97.5 Å². The van der Waals surface area contributed by atoms with E-state index in [1.165, 1.54) is 71.9 Å². The molecule has 5 nitrogen and oxygen atoms in total. The molecule has 13 rings (SSSR count). The molecular formula is C59H47N5. The van der Waals surface area contributed by atoms with E-state index in [1.54, 1.807) is 0 Å². The predicted octanol–water partition coefficient (Wildman–Crippen LogP) is 14.1. The fourth-order valence-electron chi connectivity index (χ4n) is 12.0. The number of benzene rings is 6. The summed E-state index contributed by atoms with van der Waals surface area (Å²) in [6, 6.07) is 65.3. The van der Waals surface area contributed by atoms with Crippen LogP contribution < -0.4 is 0 Å². The van der Waals surface area contributed by atoms with Gasteiger partial charge >= 0.3 is 0 Å². The van der Waals surface area contributed by atoms with E-state index in [-0.39, 0.29) is 10.8 Å². The lowest BCUT2D eigenvalue weighted by atomic mass is 9.41. The predicted molar refractivity (Wildman–Crippen MR) is 258 cm³/mol. The summed E-state index contributed by atoms with van der Waals surface area (Å²) in [5.41, 5.74) is 15.3. The normalized spacial score (nSPS) is 20.9. The van der Waals surface area contributed by atoms with Crippen molar-refractivity contribution in [2.24, 2.45) is 11.8 Å². The van der Waals surface area contributed by atoms with Crippen LogP contribution in [-0.4, -0.2) is 24.9 Å². The lowest BCUT2D eigenvalue weighted by Crippen LogP contribution is -2.55. The number of nitrogens with zero attached hydrogens (tertiary/aromatic N) is 5. The molecule has 0 spiro atoms. The summed E-state index contributed by atoms with van der Waals surface area (Å²) in [7, 11) is 0. The van der Waals surface area contributed by atoms with Crippen LogP contribution in [0.25, 0.3) is 78.8 Å². The average Bonchev–Trinajstić information content (AvgIpc) is 3.37. The van der Waals surface area contributed by atoms with Crippen LogP contribution in [0.4, 0.5) is 0 Å². The van der Waals surface area contributed by atoms with Crippen molar-refractivity contribution in [2.45, 2.75) is 49.4 Å². The standard InChI is InChI=1S/C59H47N5/c1-3-10-45(11-4-1)55-62-56(46-12-5-2-6-13-46)64-57(63-55)53-34-49(21-26-52(53)54-16-7-8-29-61-54)48-15-9-14-47(33-48)43-19-24-51(25-20-43)59-37-40-32-41(38-59)36-58(35-40,39-59)50-22-17-42(18-23-50)44-27-30-60-31-28-44/h1-31,33-34,40-41H,32,35-39H2. The zero-order chi connectivity index (χ0) is 42.5. The van der Waals surface area contributed by atoms with Crippen LogP contribution >= 0.6 is 0 Å². The molecule has 2 unspecified atom stereocenters. The Hall–Kier alpha value is -7.37. The minimum absolute atomic E-state index is 0.232. The van der Waals surface area contributed by atoms with Crippen molar-refractivity contribution in [3.05, 3.63) is 212 Å². The van der Waals surface area contributed by atoms with Gasteiger partial charge in [0.2, 0.25) is 0 Å². The van der Waals surface area contributed by atoms with E-state index in [9.17, 15) is 0 Å². The summed E-state index contributed by atoms with van der Waals surface area (Å²) < 4.78 is 0. The smallest absolute Gasteiger partial charge is 0.164 e. The maximum absolute atomic E-state index is 5.15. The van der Waals surface area contributed by atoms with E-state index in [4.69, 9.17) is 19.9 Å². The number of pyridine rings is 2. The molecule has 3 aromatic heterocycles. The average molecular weight is 826 g/mol. The largest absolute Gasteiger partial charge is 0.265 e. The number of rotatable bonds is 9. The first-order valence-electron chi connectivity index (χ1n) is 22.7. The molecule has 0 N–H and O–H groups in total. The van der Waals surface area contributed by atoms with Crippen LogP contribution in [0.5, 0.6) is 0 Å². The zero-order valence-corrected chi connectivity index (χ0v) is 35.7. The first-order chi connectivity index (χ1) is 31.6. The lowest BCUT2D eigenvalue weighted by molar-refractivity contribution is -0.0281. The van der Waals surface area contributed by atoms with Crippen LogP contribution in [0, 0.1) is 11.8 Å². The molecule has 0 amide bonds. The fraction of sp³-hybridized carbons (Fsp3) is 0.169. The summed E-state index contributed by atoms with van der Waals surface area (Å²) in [6.45, 7) is 0. The summed E-state index contributed by atoms with van der Waals surface area (Å²) >= 11 is 0. The van der Waals surface area contributed by atoms with Gasteiger partial charge in [-0.1, -0.05) is 146 Å². The monoisotopic (exact) mass is 825 g/mol. The van der Waals surface area contributed by atoms with Gasteiger partial charge in [-0.05, 0) is 142 Å². The summed E-state index contributed by atoms with van der Waals surface area (Å²) in [6.07, 6.45) is 13.5. The molecule has 0 saturated heterocycles. The third kappa shape index (κ3) is 7.02. The van der Waals surface area contributed by atoms with E-state index < -0.39 is 0 Å². The highest BCUT2D eigenvalue weighted by atomic mass is 15.0. The van der Waals surface area contributed by atoms with Gasteiger partial charge in [0.15, 0.2) is 17.5 Å². The minimum atomic E-state index is 0.232. The highest BCUT2D eigenvalue weighted by Crippen LogP contribution is 2.66. The van der Waals surface area contributed by atoms with Crippen molar-refractivity contribution in [1.29, 1.82) is 0 Å². The molecule has 4 aliphatic rings. The maximum atomic E-state index is 5.15. The van der Waals surface area contributed by atoms with Crippen LogP contribution in [0.2, 0.25) is 0 Å². The Kier molecular flexibility index (Phi) is 9.44. The van der Waals surface area contributed by atoms with Gasteiger partial charge in [0.25, 0.3) is 0 Å². The topological polar surface area (TPSA) is 64.5 Å². The molecule has 4 bridgehead atoms. The van der Waals surface area contributed by atoms with Gasteiger partial charge in [-0.25, -0.2) is 15.0 Å². The molecule has 6 aromatic carbocycles. The van der Waals surface area contributed by atoms with E-state index in [0.717, 1.165) is 50.9 Å². The van der Waals surface area contributed by atoms with Gasteiger partial charge < -0.3 is 0 Å². The van der Waals surface area contributed by atoms with Crippen molar-refractivity contribution in [3.63, 3.8) is 0 Å². The van der Waals surface area contributed by atoms with Gasteiger partial charge in [0, 0.05) is 40.8 Å². The molecule has 4 saturated carbocycles. The highest BCUT2D eigenvalue weighted by Gasteiger charge is 2.58. The zero-order valence-electron chi connectivity index (χ0n) is 35.7. The lowest BCUT2D eigenvalue weighted by Gasteiger charge is -2.63. The first kappa shape index (κ1) is 38.3. The Morgan fingerprint density at radius 2 is 0.844 bits per heavy atom. The van der Waals surface area contributed by atoms with Crippen molar-refractivity contribution in [3.8, 4) is 78.8 Å².